The van der Waals surface area contributed by atoms with Crippen molar-refractivity contribution in [2.45, 2.75) is 44.8 Å². The van der Waals surface area contributed by atoms with Crippen LogP contribution in [0.4, 0.5) is 9.18 Å². The molecule has 1 aliphatic rings. The van der Waals surface area contributed by atoms with Gasteiger partial charge in [0.25, 0.3) is 0 Å². The van der Waals surface area contributed by atoms with E-state index in [1.54, 1.807) is 18.2 Å². The predicted octanol–water partition coefficient (Wildman–Crippen LogP) is 2.93. The number of benzene rings is 1. The van der Waals surface area contributed by atoms with Crippen molar-refractivity contribution < 1.29 is 13.9 Å². The minimum Gasteiger partial charge on any atom is -0.438 e. The highest BCUT2D eigenvalue weighted by Crippen LogP contribution is 2.36. The second-order valence-electron chi connectivity index (χ2n) is 6.49. The number of halogens is 1. The van der Waals surface area contributed by atoms with Crippen LogP contribution in [0.15, 0.2) is 24.3 Å². The molecule has 1 aromatic carbocycles. The molecule has 0 aromatic heterocycles. The Bertz CT molecular complexity index is 505. The maximum atomic E-state index is 14.2. The first kappa shape index (κ1) is 15.8. The molecule has 0 saturated carbocycles. The number of carbonyl (C=O) groups is 1. The number of amides is 1. The van der Waals surface area contributed by atoms with E-state index in [9.17, 15) is 9.18 Å². The number of hydrogen-bond donors (Lipinski definition) is 2. The average Bonchev–Trinajstić information content (AvgIpc) is 2.37. The molecular formula is C16H23FN2O2. The lowest BCUT2D eigenvalue weighted by Gasteiger charge is -2.38. The van der Waals surface area contributed by atoms with Gasteiger partial charge in [-0.15, -0.1) is 0 Å². The van der Waals surface area contributed by atoms with E-state index >= 15 is 0 Å². The fourth-order valence-corrected chi connectivity index (χ4v) is 2.60. The van der Waals surface area contributed by atoms with E-state index in [1.807, 2.05) is 20.8 Å². The first-order valence-electron chi connectivity index (χ1n) is 7.29. The Labute approximate surface area is 125 Å². The molecule has 1 saturated heterocycles. The minimum absolute atomic E-state index is 0.331. The summed E-state index contributed by atoms with van der Waals surface area (Å²) in [7, 11) is 0. The molecule has 0 bridgehead atoms. The van der Waals surface area contributed by atoms with E-state index in [-0.39, 0.29) is 11.4 Å². The van der Waals surface area contributed by atoms with Crippen LogP contribution < -0.4 is 10.6 Å². The van der Waals surface area contributed by atoms with Gasteiger partial charge in [-0.25, -0.2) is 9.18 Å². The summed E-state index contributed by atoms with van der Waals surface area (Å²) >= 11 is 0. The van der Waals surface area contributed by atoms with Crippen molar-refractivity contribution >= 4 is 6.09 Å². The number of alkyl carbamates (subject to hydrolysis) is 1. The van der Waals surface area contributed by atoms with Crippen LogP contribution in [0, 0.1) is 5.82 Å². The molecule has 0 atom stereocenters. The molecule has 0 radical (unpaired) electrons. The SMILES string of the molecule is CC(C)(C)NC(=O)OC1(c2ccccc2F)CCNCC1. The van der Waals surface area contributed by atoms with Gasteiger partial charge in [-0.2, -0.15) is 0 Å². The third kappa shape index (κ3) is 3.94. The fraction of sp³-hybridized carbons (Fsp3) is 0.562. The second-order valence-corrected chi connectivity index (χ2v) is 6.49. The molecule has 1 amide bonds. The molecule has 1 fully saturated rings. The molecule has 5 heteroatoms. The summed E-state index contributed by atoms with van der Waals surface area (Å²) in [5.74, 6) is -0.331. The van der Waals surface area contributed by atoms with Crippen molar-refractivity contribution in [3.05, 3.63) is 35.6 Å². The van der Waals surface area contributed by atoms with Crippen LogP contribution in [0.1, 0.15) is 39.2 Å². The lowest BCUT2D eigenvalue weighted by molar-refractivity contribution is -0.0210. The van der Waals surface area contributed by atoms with E-state index in [0.717, 1.165) is 0 Å². The number of ether oxygens (including phenoxy) is 1. The Morgan fingerprint density at radius 3 is 2.48 bits per heavy atom. The van der Waals surface area contributed by atoms with Crippen molar-refractivity contribution in [3.8, 4) is 0 Å². The van der Waals surface area contributed by atoms with Crippen molar-refractivity contribution in [1.82, 2.24) is 10.6 Å². The number of carbonyl (C=O) groups excluding carboxylic acids is 1. The van der Waals surface area contributed by atoms with Gasteiger partial charge in [-0.05, 0) is 39.9 Å². The standard InChI is InChI=1S/C16H23FN2O2/c1-15(2,3)19-14(20)21-16(8-10-18-11-9-16)12-6-4-5-7-13(12)17/h4-7,18H,8-11H2,1-3H3,(H,19,20). The van der Waals surface area contributed by atoms with Crippen molar-refractivity contribution in [2.24, 2.45) is 0 Å². The van der Waals surface area contributed by atoms with E-state index in [4.69, 9.17) is 4.74 Å². The number of nitrogens with one attached hydrogen (secondary N) is 2. The average molecular weight is 294 g/mol. The summed E-state index contributed by atoms with van der Waals surface area (Å²) in [5.41, 5.74) is -0.831. The summed E-state index contributed by atoms with van der Waals surface area (Å²) in [6.45, 7) is 7.03. The molecule has 0 aliphatic carbocycles. The Kier molecular flexibility index (Phi) is 4.52. The third-order valence-electron chi connectivity index (χ3n) is 3.54. The minimum atomic E-state index is -0.897. The van der Waals surface area contributed by atoms with E-state index in [1.165, 1.54) is 6.07 Å². The summed E-state index contributed by atoms with van der Waals surface area (Å²) in [5, 5.41) is 5.99. The van der Waals surface area contributed by atoms with Crippen LogP contribution in [0.2, 0.25) is 0 Å². The van der Waals surface area contributed by atoms with Crippen molar-refractivity contribution in [2.75, 3.05) is 13.1 Å². The number of hydrogen-bond acceptors (Lipinski definition) is 3. The summed E-state index contributed by atoms with van der Waals surface area (Å²) in [6.07, 6.45) is 0.615. The predicted molar refractivity (Wildman–Crippen MR) is 79.6 cm³/mol. The lowest BCUT2D eigenvalue weighted by Crippen LogP contribution is -2.48. The van der Waals surface area contributed by atoms with Gasteiger partial charge in [0.15, 0.2) is 0 Å². The monoisotopic (exact) mass is 294 g/mol. The lowest BCUT2D eigenvalue weighted by atomic mass is 9.84. The molecule has 1 aromatic rings. The summed E-state index contributed by atoms with van der Waals surface area (Å²) in [4.78, 5) is 12.1. The summed E-state index contributed by atoms with van der Waals surface area (Å²) < 4.78 is 19.9. The van der Waals surface area contributed by atoms with E-state index < -0.39 is 11.7 Å². The highest BCUT2D eigenvalue weighted by atomic mass is 19.1. The van der Waals surface area contributed by atoms with E-state index in [0.29, 0.717) is 31.5 Å². The van der Waals surface area contributed by atoms with Gasteiger partial charge < -0.3 is 15.4 Å². The maximum Gasteiger partial charge on any atom is 0.408 e. The second kappa shape index (κ2) is 6.02. The van der Waals surface area contributed by atoms with Gasteiger partial charge in [-0.3, -0.25) is 0 Å². The molecule has 1 heterocycles. The van der Waals surface area contributed by atoms with Gasteiger partial charge in [0, 0.05) is 23.9 Å². The zero-order valence-electron chi connectivity index (χ0n) is 12.8. The van der Waals surface area contributed by atoms with Gasteiger partial charge in [0.05, 0.1) is 0 Å². The maximum absolute atomic E-state index is 14.2. The zero-order valence-corrected chi connectivity index (χ0v) is 12.8. The van der Waals surface area contributed by atoms with Crippen LogP contribution in [0.5, 0.6) is 0 Å². The largest absolute Gasteiger partial charge is 0.438 e. The molecule has 4 nitrogen and oxygen atoms in total. The smallest absolute Gasteiger partial charge is 0.408 e. The van der Waals surface area contributed by atoms with Crippen LogP contribution >= 0.6 is 0 Å². The molecule has 116 valence electrons. The third-order valence-corrected chi connectivity index (χ3v) is 3.54. The van der Waals surface area contributed by atoms with Gasteiger partial charge in [-0.1, -0.05) is 18.2 Å². The highest BCUT2D eigenvalue weighted by molar-refractivity contribution is 5.69. The van der Waals surface area contributed by atoms with Gasteiger partial charge in [0.1, 0.15) is 11.4 Å². The van der Waals surface area contributed by atoms with Crippen LogP contribution in [0.25, 0.3) is 0 Å². The van der Waals surface area contributed by atoms with E-state index in [2.05, 4.69) is 10.6 Å². The quantitative estimate of drug-likeness (QED) is 0.881. The first-order valence-corrected chi connectivity index (χ1v) is 7.29. The van der Waals surface area contributed by atoms with Gasteiger partial charge in [0.2, 0.25) is 0 Å². The van der Waals surface area contributed by atoms with Gasteiger partial charge >= 0.3 is 6.09 Å². The topological polar surface area (TPSA) is 50.4 Å². The molecule has 2 N–H and O–H groups in total. The number of piperidine rings is 1. The molecular weight excluding hydrogens is 271 g/mol. The van der Waals surface area contributed by atoms with Crippen LogP contribution in [-0.4, -0.2) is 24.7 Å². The molecule has 2 rings (SSSR count). The Morgan fingerprint density at radius 2 is 1.90 bits per heavy atom. The molecule has 0 unspecified atom stereocenters. The summed E-state index contributed by atoms with van der Waals surface area (Å²) in [6, 6.07) is 6.52. The Hall–Kier alpha value is -1.62. The molecule has 21 heavy (non-hydrogen) atoms. The molecule has 0 spiro atoms. The first-order chi connectivity index (χ1) is 9.82. The van der Waals surface area contributed by atoms with Crippen molar-refractivity contribution in [3.63, 3.8) is 0 Å². The normalized spacial score (nSPS) is 18.1. The highest BCUT2D eigenvalue weighted by Gasteiger charge is 2.40. The van der Waals surface area contributed by atoms with Crippen molar-refractivity contribution in [1.29, 1.82) is 0 Å². The Morgan fingerprint density at radius 1 is 1.29 bits per heavy atom. The Balaban J connectivity index is 2.26. The number of rotatable bonds is 2. The van der Waals surface area contributed by atoms with Crippen LogP contribution in [-0.2, 0) is 10.3 Å². The molecule has 1 aliphatic heterocycles. The van der Waals surface area contributed by atoms with Crippen LogP contribution in [0.3, 0.4) is 0 Å². The zero-order chi connectivity index (χ0) is 15.5. The fourth-order valence-electron chi connectivity index (χ4n) is 2.60.